The van der Waals surface area contributed by atoms with E-state index in [2.05, 4.69) is 9.97 Å². The molecule has 4 aromatic carbocycles. The Balaban J connectivity index is 1.30. The van der Waals surface area contributed by atoms with Crippen molar-refractivity contribution >= 4 is 44.7 Å². The van der Waals surface area contributed by atoms with Crippen molar-refractivity contribution in [2.24, 2.45) is 0 Å². The highest BCUT2D eigenvalue weighted by Crippen LogP contribution is 2.30. The van der Waals surface area contributed by atoms with Gasteiger partial charge in [-0.15, -0.1) is 0 Å². The fourth-order valence-electron chi connectivity index (χ4n) is 4.79. The van der Waals surface area contributed by atoms with Crippen LogP contribution in [-0.4, -0.2) is 32.5 Å². The molecule has 0 spiro atoms. The van der Waals surface area contributed by atoms with Crippen molar-refractivity contribution in [1.29, 1.82) is 0 Å². The summed E-state index contributed by atoms with van der Waals surface area (Å²) < 4.78 is 7.44. The topological polar surface area (TPSA) is 77.0 Å². The monoisotopic (exact) mass is 487 g/mol. The summed E-state index contributed by atoms with van der Waals surface area (Å²) in [5.41, 5.74) is 5.57. The molecule has 6 heteroatoms. The van der Waals surface area contributed by atoms with E-state index in [1.165, 1.54) is 5.56 Å². The van der Waals surface area contributed by atoms with Crippen molar-refractivity contribution in [1.82, 2.24) is 14.5 Å². The molecule has 0 saturated heterocycles. The quantitative estimate of drug-likeness (QED) is 0.268. The number of nitrogens with zero attached hydrogens (tertiary/aromatic N) is 2. The maximum atomic E-state index is 13.7. The van der Waals surface area contributed by atoms with Crippen molar-refractivity contribution < 1.29 is 14.3 Å². The first kappa shape index (κ1) is 22.7. The van der Waals surface area contributed by atoms with E-state index >= 15 is 0 Å². The molecule has 6 aromatic rings. The molecule has 0 saturated carbocycles. The molecule has 0 bridgehead atoms. The molecule has 0 aliphatic carbocycles. The highest BCUT2D eigenvalue weighted by atomic mass is 16.5. The fourth-order valence-corrected chi connectivity index (χ4v) is 4.79. The number of carbonyl (C=O) groups excluding carboxylic acids is 2. The van der Waals surface area contributed by atoms with Gasteiger partial charge < -0.3 is 9.72 Å². The van der Waals surface area contributed by atoms with Crippen molar-refractivity contribution in [2.75, 3.05) is 0 Å². The number of carbonyl (C=O) groups is 2. The zero-order valence-electron chi connectivity index (χ0n) is 20.6. The molecule has 0 amide bonds. The number of hydrogen-bond donors (Lipinski definition) is 1. The van der Waals surface area contributed by atoms with Gasteiger partial charge in [0.05, 0.1) is 27.6 Å². The molecular formula is C31H25N3O3. The van der Waals surface area contributed by atoms with Crippen LogP contribution in [0.15, 0.2) is 91.0 Å². The van der Waals surface area contributed by atoms with E-state index in [1.807, 2.05) is 86.6 Å². The van der Waals surface area contributed by atoms with E-state index in [-0.39, 0.29) is 5.91 Å². The number of fused-ring (bicyclic) bond motifs is 4. The minimum Gasteiger partial charge on any atom is -0.449 e. The SMILES string of the molecule is CCC(OC(=O)c1ccc2nc(-c3ccc(C)cc3)[nH]c2c1)C(=O)n1c2ccccc2c2ccccc21. The van der Waals surface area contributed by atoms with Crippen LogP contribution in [0.4, 0.5) is 0 Å². The van der Waals surface area contributed by atoms with Gasteiger partial charge in [0.2, 0.25) is 0 Å². The van der Waals surface area contributed by atoms with Crippen molar-refractivity contribution in [3.05, 3.63) is 102 Å². The number of aromatic nitrogens is 3. The van der Waals surface area contributed by atoms with E-state index in [0.717, 1.165) is 44.2 Å². The van der Waals surface area contributed by atoms with Gasteiger partial charge in [-0.05, 0) is 43.7 Å². The Kier molecular flexibility index (Phi) is 5.57. The van der Waals surface area contributed by atoms with Gasteiger partial charge in [0.25, 0.3) is 5.91 Å². The van der Waals surface area contributed by atoms with Crippen LogP contribution in [-0.2, 0) is 4.74 Å². The lowest BCUT2D eigenvalue weighted by atomic mass is 10.1. The first-order valence-corrected chi connectivity index (χ1v) is 12.3. The number of ether oxygens (including phenoxy) is 1. The average Bonchev–Trinajstić information content (AvgIpc) is 3.50. The van der Waals surface area contributed by atoms with Crippen molar-refractivity contribution in [3.63, 3.8) is 0 Å². The Bertz CT molecular complexity index is 1740. The molecule has 0 fully saturated rings. The number of aromatic amines is 1. The normalized spacial score (nSPS) is 12.3. The first-order valence-electron chi connectivity index (χ1n) is 12.3. The second kappa shape index (κ2) is 9.06. The van der Waals surface area contributed by atoms with Gasteiger partial charge in [-0.1, -0.05) is 73.2 Å². The molecule has 182 valence electrons. The maximum Gasteiger partial charge on any atom is 0.338 e. The minimum absolute atomic E-state index is 0.266. The summed E-state index contributed by atoms with van der Waals surface area (Å²) >= 11 is 0. The molecule has 0 radical (unpaired) electrons. The summed E-state index contributed by atoms with van der Waals surface area (Å²) in [6.45, 7) is 3.88. The lowest BCUT2D eigenvalue weighted by Crippen LogP contribution is -2.31. The molecule has 1 N–H and O–H groups in total. The number of imidazole rings is 1. The molecule has 6 nitrogen and oxygen atoms in total. The van der Waals surface area contributed by atoms with Gasteiger partial charge in [-0.25, -0.2) is 9.78 Å². The van der Waals surface area contributed by atoms with Crippen LogP contribution in [0.25, 0.3) is 44.2 Å². The molecule has 2 aromatic heterocycles. The van der Waals surface area contributed by atoms with E-state index in [4.69, 9.17) is 4.74 Å². The molecule has 0 aliphatic rings. The third-order valence-corrected chi connectivity index (χ3v) is 6.74. The first-order chi connectivity index (χ1) is 18.0. The lowest BCUT2D eigenvalue weighted by molar-refractivity contribution is 0.0245. The maximum absolute atomic E-state index is 13.7. The number of nitrogens with one attached hydrogen (secondary N) is 1. The largest absolute Gasteiger partial charge is 0.449 e. The van der Waals surface area contributed by atoms with Gasteiger partial charge in [0.1, 0.15) is 5.82 Å². The second-order valence-electron chi connectivity index (χ2n) is 9.19. The molecule has 1 unspecified atom stereocenters. The second-order valence-corrected chi connectivity index (χ2v) is 9.19. The van der Waals surface area contributed by atoms with Gasteiger partial charge in [-0.2, -0.15) is 0 Å². The standard InChI is InChI=1S/C31H25N3O3/c1-3-28(30(35)34-26-10-6-4-8-22(26)23-9-5-7-11-27(23)34)37-31(36)21-16-17-24-25(18-21)33-29(32-24)20-14-12-19(2)13-15-20/h4-18,28H,3H2,1-2H3,(H,32,33). The number of aryl methyl sites for hydroxylation is 1. The number of para-hydroxylation sites is 2. The van der Waals surface area contributed by atoms with E-state index < -0.39 is 12.1 Å². The number of hydrogen-bond acceptors (Lipinski definition) is 4. The third kappa shape index (κ3) is 3.96. The van der Waals surface area contributed by atoms with Crippen LogP contribution in [0.2, 0.25) is 0 Å². The zero-order chi connectivity index (χ0) is 25.5. The lowest BCUT2D eigenvalue weighted by Gasteiger charge is -2.17. The Hall–Kier alpha value is -4.71. The van der Waals surface area contributed by atoms with Crippen molar-refractivity contribution in [3.8, 4) is 11.4 Å². The molecule has 1 atom stereocenters. The molecule has 6 rings (SSSR count). The van der Waals surface area contributed by atoms with Crippen LogP contribution in [0.5, 0.6) is 0 Å². The van der Waals surface area contributed by atoms with E-state index in [0.29, 0.717) is 12.0 Å². The number of rotatable bonds is 5. The highest BCUT2D eigenvalue weighted by Gasteiger charge is 2.26. The van der Waals surface area contributed by atoms with Gasteiger partial charge in [0.15, 0.2) is 6.10 Å². The van der Waals surface area contributed by atoms with Crippen molar-refractivity contribution in [2.45, 2.75) is 26.4 Å². The smallest absolute Gasteiger partial charge is 0.338 e. The molecular weight excluding hydrogens is 462 g/mol. The van der Waals surface area contributed by atoms with Crippen LogP contribution < -0.4 is 0 Å². The Morgan fingerprint density at radius 1 is 0.892 bits per heavy atom. The van der Waals surface area contributed by atoms with Crippen LogP contribution >= 0.6 is 0 Å². The summed E-state index contributed by atoms with van der Waals surface area (Å²) in [6, 6.07) is 28.8. The average molecular weight is 488 g/mol. The predicted molar refractivity (Wildman–Crippen MR) is 146 cm³/mol. The Labute approximate surface area is 213 Å². The van der Waals surface area contributed by atoms with Gasteiger partial charge >= 0.3 is 5.97 Å². The zero-order valence-corrected chi connectivity index (χ0v) is 20.6. The summed E-state index contributed by atoms with van der Waals surface area (Å²) in [4.78, 5) is 34.8. The summed E-state index contributed by atoms with van der Waals surface area (Å²) in [6.07, 6.45) is -0.567. The molecule has 37 heavy (non-hydrogen) atoms. The Morgan fingerprint density at radius 2 is 1.54 bits per heavy atom. The number of H-pyrrole nitrogens is 1. The van der Waals surface area contributed by atoms with Gasteiger partial charge in [-0.3, -0.25) is 9.36 Å². The van der Waals surface area contributed by atoms with Crippen LogP contribution in [0.1, 0.15) is 34.1 Å². The Morgan fingerprint density at radius 3 is 2.19 bits per heavy atom. The van der Waals surface area contributed by atoms with Crippen LogP contribution in [0, 0.1) is 6.92 Å². The van der Waals surface area contributed by atoms with Crippen LogP contribution in [0.3, 0.4) is 0 Å². The van der Waals surface area contributed by atoms with E-state index in [1.54, 1.807) is 22.8 Å². The third-order valence-electron chi connectivity index (χ3n) is 6.74. The minimum atomic E-state index is -0.924. The predicted octanol–water partition coefficient (Wildman–Crippen LogP) is 6.92. The van der Waals surface area contributed by atoms with Gasteiger partial charge in [0, 0.05) is 16.3 Å². The number of benzene rings is 4. The molecule has 2 heterocycles. The summed E-state index contributed by atoms with van der Waals surface area (Å²) in [5, 5.41) is 1.98. The number of esters is 1. The fraction of sp³-hybridized carbons (Fsp3) is 0.129. The summed E-state index contributed by atoms with van der Waals surface area (Å²) in [5.74, 6) is -0.0830. The highest BCUT2D eigenvalue weighted by molar-refractivity contribution is 6.14. The van der Waals surface area contributed by atoms with E-state index in [9.17, 15) is 9.59 Å². The molecule has 0 aliphatic heterocycles. The summed E-state index contributed by atoms with van der Waals surface area (Å²) in [7, 11) is 0.